The molecule has 0 unspecified atom stereocenters. The Morgan fingerprint density at radius 3 is 2.76 bits per heavy atom. The summed E-state index contributed by atoms with van der Waals surface area (Å²) in [6.07, 6.45) is 3.28. The summed E-state index contributed by atoms with van der Waals surface area (Å²) in [7, 11) is 0. The van der Waals surface area contributed by atoms with Gasteiger partial charge in [0.2, 0.25) is 0 Å². The van der Waals surface area contributed by atoms with Crippen LogP contribution < -0.4 is 5.73 Å². The Hall–Kier alpha value is -1.35. The van der Waals surface area contributed by atoms with E-state index >= 15 is 0 Å². The first-order valence-corrected chi connectivity index (χ1v) is 6.90. The van der Waals surface area contributed by atoms with Crippen molar-refractivity contribution in [1.29, 1.82) is 0 Å². The van der Waals surface area contributed by atoms with Crippen molar-refractivity contribution >= 4 is 17.0 Å². The molecule has 0 saturated carbocycles. The van der Waals surface area contributed by atoms with Crippen LogP contribution in [0.4, 0.5) is 5.69 Å². The summed E-state index contributed by atoms with van der Waals surface area (Å²) < 4.78 is 0. The summed E-state index contributed by atoms with van der Waals surface area (Å²) in [6, 6.07) is 7.96. The summed E-state index contributed by atoms with van der Waals surface area (Å²) >= 11 is 1.79. The number of aromatic nitrogens is 1. The molecule has 1 aromatic carbocycles. The van der Waals surface area contributed by atoms with E-state index in [2.05, 4.69) is 19.9 Å². The number of rotatable bonds is 4. The van der Waals surface area contributed by atoms with E-state index < -0.39 is 0 Å². The third-order valence-corrected chi connectivity index (χ3v) is 4.01. The highest BCUT2D eigenvalue weighted by molar-refractivity contribution is 7.15. The first-order chi connectivity index (χ1) is 8.24. The Balaban J connectivity index is 2.39. The van der Waals surface area contributed by atoms with Gasteiger partial charge in [-0.3, -0.25) is 0 Å². The molecule has 0 aliphatic rings. The number of hydrogen-bond acceptors (Lipinski definition) is 3. The molecule has 0 bridgehead atoms. The van der Waals surface area contributed by atoms with E-state index in [-0.39, 0.29) is 0 Å². The van der Waals surface area contributed by atoms with Gasteiger partial charge in [-0.1, -0.05) is 32.4 Å². The molecule has 0 aliphatic carbocycles. The summed E-state index contributed by atoms with van der Waals surface area (Å²) in [5, 5.41) is 1.10. The number of nitrogens with zero attached hydrogens (tertiary/aromatic N) is 1. The van der Waals surface area contributed by atoms with E-state index in [0.717, 1.165) is 35.5 Å². The van der Waals surface area contributed by atoms with Crippen molar-refractivity contribution < 1.29 is 0 Å². The van der Waals surface area contributed by atoms with Gasteiger partial charge in [0.05, 0.1) is 5.69 Å². The molecule has 0 amide bonds. The van der Waals surface area contributed by atoms with E-state index in [1.807, 2.05) is 18.2 Å². The standard InChI is InChI=1S/C14H18N2S/c1-3-6-12-13(4-2)17-14(16-12)10-7-5-8-11(15)9-10/h5,7-9H,3-4,6,15H2,1-2H3. The van der Waals surface area contributed by atoms with Gasteiger partial charge in [-0.25, -0.2) is 4.98 Å². The molecule has 2 aromatic rings. The average molecular weight is 246 g/mol. The van der Waals surface area contributed by atoms with Crippen molar-refractivity contribution in [3.05, 3.63) is 34.8 Å². The van der Waals surface area contributed by atoms with E-state index in [0.29, 0.717) is 0 Å². The first-order valence-electron chi connectivity index (χ1n) is 6.09. The molecule has 0 saturated heterocycles. The molecule has 0 fully saturated rings. The molecule has 2 rings (SSSR count). The molecular weight excluding hydrogens is 228 g/mol. The number of thiazole rings is 1. The van der Waals surface area contributed by atoms with E-state index in [4.69, 9.17) is 10.7 Å². The van der Waals surface area contributed by atoms with Gasteiger partial charge in [0.1, 0.15) is 5.01 Å². The molecule has 0 radical (unpaired) electrons. The minimum Gasteiger partial charge on any atom is -0.399 e. The average Bonchev–Trinajstić information content (AvgIpc) is 2.73. The number of nitrogen functional groups attached to an aromatic ring is 1. The zero-order chi connectivity index (χ0) is 12.3. The van der Waals surface area contributed by atoms with Crippen molar-refractivity contribution in [2.45, 2.75) is 33.1 Å². The van der Waals surface area contributed by atoms with Crippen LogP contribution in [0.1, 0.15) is 30.8 Å². The number of benzene rings is 1. The van der Waals surface area contributed by atoms with Crippen LogP contribution in [0, 0.1) is 0 Å². The zero-order valence-corrected chi connectivity index (χ0v) is 11.2. The summed E-state index contributed by atoms with van der Waals surface area (Å²) in [5.74, 6) is 0. The van der Waals surface area contributed by atoms with Gasteiger partial charge in [-0.2, -0.15) is 0 Å². The Kier molecular flexibility index (Phi) is 3.79. The fourth-order valence-electron chi connectivity index (χ4n) is 1.89. The molecule has 1 aromatic heterocycles. The maximum absolute atomic E-state index is 5.81. The predicted molar refractivity (Wildman–Crippen MR) is 75.3 cm³/mol. The van der Waals surface area contributed by atoms with Crippen LogP contribution in [-0.2, 0) is 12.8 Å². The number of nitrogens with two attached hydrogens (primary N) is 1. The molecule has 2 N–H and O–H groups in total. The predicted octanol–water partition coefficient (Wildman–Crippen LogP) is 3.91. The van der Waals surface area contributed by atoms with Crippen molar-refractivity contribution in [1.82, 2.24) is 4.98 Å². The Morgan fingerprint density at radius 2 is 2.12 bits per heavy atom. The summed E-state index contributed by atoms with van der Waals surface area (Å²) in [5.41, 5.74) is 9.00. The first kappa shape index (κ1) is 12.1. The minimum atomic E-state index is 0.799. The summed E-state index contributed by atoms with van der Waals surface area (Å²) in [6.45, 7) is 4.38. The smallest absolute Gasteiger partial charge is 0.123 e. The second-order valence-electron chi connectivity index (χ2n) is 4.12. The number of anilines is 1. The van der Waals surface area contributed by atoms with Crippen LogP contribution in [0.2, 0.25) is 0 Å². The molecule has 2 nitrogen and oxygen atoms in total. The van der Waals surface area contributed by atoms with Crippen molar-refractivity contribution in [2.24, 2.45) is 0 Å². The third-order valence-electron chi connectivity index (χ3n) is 2.72. The van der Waals surface area contributed by atoms with Gasteiger partial charge in [0.25, 0.3) is 0 Å². The van der Waals surface area contributed by atoms with Gasteiger partial charge in [0, 0.05) is 16.1 Å². The third kappa shape index (κ3) is 2.67. The van der Waals surface area contributed by atoms with Crippen LogP contribution in [0.3, 0.4) is 0 Å². The van der Waals surface area contributed by atoms with Crippen LogP contribution in [0.25, 0.3) is 10.6 Å². The second kappa shape index (κ2) is 5.32. The van der Waals surface area contributed by atoms with Crippen molar-refractivity contribution in [3.63, 3.8) is 0 Å². The Morgan fingerprint density at radius 1 is 1.29 bits per heavy atom. The highest BCUT2D eigenvalue weighted by atomic mass is 32.1. The lowest BCUT2D eigenvalue weighted by Crippen LogP contribution is -1.89. The van der Waals surface area contributed by atoms with Gasteiger partial charge < -0.3 is 5.73 Å². The van der Waals surface area contributed by atoms with Gasteiger partial charge in [0.15, 0.2) is 0 Å². The van der Waals surface area contributed by atoms with E-state index in [1.165, 1.54) is 10.6 Å². The van der Waals surface area contributed by atoms with Crippen LogP contribution in [0.15, 0.2) is 24.3 Å². The molecule has 0 aliphatic heterocycles. The molecule has 3 heteroatoms. The lowest BCUT2D eigenvalue weighted by Gasteiger charge is -1.97. The molecule has 90 valence electrons. The highest BCUT2D eigenvalue weighted by Crippen LogP contribution is 2.30. The Labute approximate surface area is 107 Å². The number of hydrogen-bond donors (Lipinski definition) is 1. The molecule has 0 spiro atoms. The topological polar surface area (TPSA) is 38.9 Å². The highest BCUT2D eigenvalue weighted by Gasteiger charge is 2.10. The zero-order valence-electron chi connectivity index (χ0n) is 10.4. The fourth-order valence-corrected chi connectivity index (χ4v) is 2.93. The van der Waals surface area contributed by atoms with Gasteiger partial charge in [-0.15, -0.1) is 11.3 Å². The van der Waals surface area contributed by atoms with Crippen LogP contribution in [-0.4, -0.2) is 4.98 Å². The molecule has 1 heterocycles. The lowest BCUT2D eigenvalue weighted by molar-refractivity contribution is 0.876. The maximum Gasteiger partial charge on any atom is 0.123 e. The van der Waals surface area contributed by atoms with Gasteiger partial charge >= 0.3 is 0 Å². The van der Waals surface area contributed by atoms with Gasteiger partial charge in [-0.05, 0) is 25.0 Å². The molecule has 0 atom stereocenters. The Bertz CT molecular complexity index is 503. The minimum absolute atomic E-state index is 0.799. The normalized spacial score (nSPS) is 10.7. The van der Waals surface area contributed by atoms with Crippen LogP contribution in [0.5, 0.6) is 0 Å². The van der Waals surface area contributed by atoms with Crippen LogP contribution >= 0.6 is 11.3 Å². The number of aryl methyl sites for hydroxylation is 2. The lowest BCUT2D eigenvalue weighted by atomic mass is 10.2. The largest absolute Gasteiger partial charge is 0.399 e. The van der Waals surface area contributed by atoms with Crippen molar-refractivity contribution in [2.75, 3.05) is 5.73 Å². The van der Waals surface area contributed by atoms with E-state index in [9.17, 15) is 0 Å². The SMILES string of the molecule is CCCc1nc(-c2cccc(N)c2)sc1CC. The monoisotopic (exact) mass is 246 g/mol. The summed E-state index contributed by atoms with van der Waals surface area (Å²) in [4.78, 5) is 6.15. The maximum atomic E-state index is 5.81. The quantitative estimate of drug-likeness (QED) is 0.831. The van der Waals surface area contributed by atoms with E-state index in [1.54, 1.807) is 11.3 Å². The van der Waals surface area contributed by atoms with Crippen molar-refractivity contribution in [3.8, 4) is 10.6 Å². The molecule has 17 heavy (non-hydrogen) atoms. The molecular formula is C14H18N2S. The fraction of sp³-hybridized carbons (Fsp3) is 0.357. The second-order valence-corrected chi connectivity index (χ2v) is 5.20.